The van der Waals surface area contributed by atoms with E-state index in [0.29, 0.717) is 12.0 Å². The zero-order valence-electron chi connectivity index (χ0n) is 10.0. The molecule has 1 aromatic rings. The van der Waals surface area contributed by atoms with Crippen LogP contribution in [0.2, 0.25) is 0 Å². The van der Waals surface area contributed by atoms with Crippen molar-refractivity contribution in [2.45, 2.75) is 43.8 Å². The Hall–Kier alpha value is -0.970. The maximum atomic E-state index is 10.6. The minimum absolute atomic E-state index is 0.0778. The number of rotatable bonds is 5. The smallest absolute Gasteiger partial charge is 0.313 e. The van der Waals surface area contributed by atoms with E-state index < -0.39 is 5.97 Å². The molecule has 1 unspecified atom stereocenters. The molecule has 0 bridgehead atoms. The molecule has 0 aromatic carbocycles. The van der Waals surface area contributed by atoms with E-state index in [0.717, 1.165) is 5.16 Å². The molecule has 0 amide bonds. The van der Waals surface area contributed by atoms with Gasteiger partial charge >= 0.3 is 5.97 Å². The van der Waals surface area contributed by atoms with Crippen molar-refractivity contribution >= 4 is 17.7 Å². The van der Waals surface area contributed by atoms with E-state index in [1.165, 1.54) is 37.4 Å². The Bertz CT molecular complexity index is 386. The summed E-state index contributed by atoms with van der Waals surface area (Å²) in [5.41, 5.74) is 0. The highest BCUT2D eigenvalue weighted by Gasteiger charge is 2.24. The van der Waals surface area contributed by atoms with Gasteiger partial charge in [0.25, 0.3) is 0 Å². The van der Waals surface area contributed by atoms with E-state index in [1.807, 2.05) is 6.20 Å². The number of aliphatic carboxylic acids is 1. The summed E-state index contributed by atoms with van der Waals surface area (Å²) in [6.45, 7) is 2.21. The molecule has 1 aliphatic carbocycles. The normalized spacial score (nSPS) is 18.4. The highest BCUT2D eigenvalue weighted by molar-refractivity contribution is 7.99. The molecule has 0 radical (unpaired) electrons. The third-order valence-corrected chi connectivity index (χ3v) is 4.44. The fourth-order valence-electron chi connectivity index (χ4n) is 2.51. The van der Waals surface area contributed by atoms with Gasteiger partial charge in [0.05, 0.1) is 5.75 Å². The van der Waals surface area contributed by atoms with Crippen LogP contribution in [0.3, 0.4) is 0 Å². The van der Waals surface area contributed by atoms with Gasteiger partial charge < -0.3 is 9.67 Å². The second-order valence-corrected chi connectivity index (χ2v) is 5.53. The topological polar surface area (TPSA) is 55.1 Å². The molecule has 0 saturated heterocycles. The number of hydrogen-bond acceptors (Lipinski definition) is 3. The lowest BCUT2D eigenvalue weighted by atomic mass is 10.00. The summed E-state index contributed by atoms with van der Waals surface area (Å²) in [4.78, 5) is 14.8. The molecule has 2 rings (SSSR count). The van der Waals surface area contributed by atoms with Gasteiger partial charge in [0.2, 0.25) is 0 Å². The molecule has 0 spiro atoms. The number of carbonyl (C=O) groups is 1. The average Bonchev–Trinajstić information content (AvgIpc) is 2.96. The van der Waals surface area contributed by atoms with Crippen molar-refractivity contribution in [1.29, 1.82) is 0 Å². The molecule has 1 fully saturated rings. The minimum atomic E-state index is -0.793. The third-order valence-electron chi connectivity index (χ3n) is 3.48. The summed E-state index contributed by atoms with van der Waals surface area (Å²) < 4.78 is 2.13. The number of thioether (sulfide) groups is 1. The molecule has 1 saturated carbocycles. The van der Waals surface area contributed by atoms with Gasteiger partial charge in [0.1, 0.15) is 0 Å². The van der Waals surface area contributed by atoms with Crippen LogP contribution in [0, 0.1) is 5.92 Å². The summed E-state index contributed by atoms with van der Waals surface area (Å²) in [7, 11) is 0. The second kappa shape index (κ2) is 5.58. The van der Waals surface area contributed by atoms with Crippen LogP contribution < -0.4 is 0 Å². The molecule has 1 aromatic heterocycles. The Balaban J connectivity index is 2.04. The van der Waals surface area contributed by atoms with Gasteiger partial charge in [-0.05, 0) is 25.7 Å². The van der Waals surface area contributed by atoms with E-state index in [4.69, 9.17) is 5.11 Å². The Kier molecular flexibility index (Phi) is 4.10. The highest BCUT2D eigenvalue weighted by Crippen LogP contribution is 2.35. The summed E-state index contributed by atoms with van der Waals surface area (Å²) in [5.74, 6) is 0.000414. The molecule has 5 heteroatoms. The van der Waals surface area contributed by atoms with E-state index in [-0.39, 0.29) is 5.75 Å². The van der Waals surface area contributed by atoms with E-state index in [9.17, 15) is 4.79 Å². The quantitative estimate of drug-likeness (QED) is 0.821. The van der Waals surface area contributed by atoms with Crippen molar-refractivity contribution in [1.82, 2.24) is 9.55 Å². The molecule has 1 aliphatic rings. The molecular weight excluding hydrogens is 236 g/mol. The first-order valence-corrected chi connectivity index (χ1v) is 7.04. The zero-order valence-corrected chi connectivity index (χ0v) is 10.8. The summed E-state index contributed by atoms with van der Waals surface area (Å²) in [6.07, 6.45) is 8.93. The number of carboxylic acids is 1. The average molecular weight is 254 g/mol. The van der Waals surface area contributed by atoms with Gasteiger partial charge in [-0.25, -0.2) is 4.98 Å². The fourth-order valence-corrected chi connectivity index (χ4v) is 3.28. The maximum Gasteiger partial charge on any atom is 0.313 e. The van der Waals surface area contributed by atoms with Crippen LogP contribution in [0.25, 0.3) is 0 Å². The number of nitrogens with zero attached hydrogens (tertiary/aromatic N) is 2. The van der Waals surface area contributed by atoms with Gasteiger partial charge in [-0.3, -0.25) is 4.79 Å². The Morgan fingerprint density at radius 3 is 3.00 bits per heavy atom. The first-order chi connectivity index (χ1) is 8.18. The molecule has 0 aliphatic heterocycles. The first kappa shape index (κ1) is 12.5. The Labute approximate surface area is 105 Å². The van der Waals surface area contributed by atoms with Crippen LogP contribution in [0.1, 0.15) is 38.6 Å². The predicted octanol–water partition coefficient (Wildman–Crippen LogP) is 2.81. The van der Waals surface area contributed by atoms with Gasteiger partial charge in [-0.1, -0.05) is 24.6 Å². The Morgan fingerprint density at radius 2 is 2.35 bits per heavy atom. The predicted molar refractivity (Wildman–Crippen MR) is 67.3 cm³/mol. The van der Waals surface area contributed by atoms with Crippen LogP contribution in [0.4, 0.5) is 0 Å². The van der Waals surface area contributed by atoms with Crippen molar-refractivity contribution in [3.63, 3.8) is 0 Å². The van der Waals surface area contributed by atoms with Gasteiger partial charge in [-0.15, -0.1) is 0 Å². The van der Waals surface area contributed by atoms with Crippen molar-refractivity contribution < 1.29 is 9.90 Å². The van der Waals surface area contributed by atoms with Crippen LogP contribution >= 0.6 is 11.8 Å². The zero-order chi connectivity index (χ0) is 12.3. The maximum absolute atomic E-state index is 10.6. The lowest BCUT2D eigenvalue weighted by Gasteiger charge is -2.22. The second-order valence-electron chi connectivity index (χ2n) is 4.58. The molecule has 1 atom stereocenters. The summed E-state index contributed by atoms with van der Waals surface area (Å²) in [5, 5.41) is 9.52. The van der Waals surface area contributed by atoms with Crippen molar-refractivity contribution in [3.8, 4) is 0 Å². The van der Waals surface area contributed by atoms with Crippen molar-refractivity contribution in [3.05, 3.63) is 12.4 Å². The van der Waals surface area contributed by atoms with Crippen molar-refractivity contribution in [2.75, 3.05) is 5.75 Å². The van der Waals surface area contributed by atoms with E-state index in [2.05, 4.69) is 16.5 Å². The number of aromatic nitrogens is 2. The minimum Gasteiger partial charge on any atom is -0.481 e. The number of hydrogen-bond donors (Lipinski definition) is 1. The SMILES string of the molecule is CC(C1CCCC1)n1ccnc1SCC(=O)O. The van der Waals surface area contributed by atoms with Crippen molar-refractivity contribution in [2.24, 2.45) is 5.92 Å². The summed E-state index contributed by atoms with van der Waals surface area (Å²) in [6, 6.07) is 0.427. The first-order valence-electron chi connectivity index (χ1n) is 6.06. The molecule has 1 N–H and O–H groups in total. The van der Waals surface area contributed by atoms with E-state index in [1.54, 1.807) is 6.20 Å². The standard InChI is InChI=1S/C12H18N2O2S/c1-9(10-4-2-3-5-10)14-7-6-13-12(14)17-8-11(15)16/h6-7,9-10H,2-5,8H2,1H3,(H,15,16). The van der Waals surface area contributed by atoms with E-state index >= 15 is 0 Å². The van der Waals surface area contributed by atoms with Gasteiger partial charge in [0, 0.05) is 18.4 Å². The molecule has 4 nitrogen and oxygen atoms in total. The Morgan fingerprint density at radius 1 is 1.65 bits per heavy atom. The monoisotopic (exact) mass is 254 g/mol. The fraction of sp³-hybridized carbons (Fsp3) is 0.667. The lowest BCUT2D eigenvalue weighted by Crippen LogP contribution is -2.14. The van der Waals surface area contributed by atoms with Crippen LogP contribution in [0.15, 0.2) is 17.6 Å². The number of carboxylic acid groups (broad SMARTS) is 1. The van der Waals surface area contributed by atoms with Gasteiger partial charge in [-0.2, -0.15) is 0 Å². The molecule has 94 valence electrons. The van der Waals surface area contributed by atoms with Crippen LogP contribution in [-0.4, -0.2) is 26.4 Å². The molecule has 1 heterocycles. The lowest BCUT2D eigenvalue weighted by molar-refractivity contribution is -0.133. The number of imidazole rings is 1. The largest absolute Gasteiger partial charge is 0.481 e. The van der Waals surface area contributed by atoms with Gasteiger partial charge in [0.15, 0.2) is 5.16 Å². The molecular formula is C12H18N2O2S. The molecule has 17 heavy (non-hydrogen) atoms. The van der Waals surface area contributed by atoms with Crippen LogP contribution in [0.5, 0.6) is 0 Å². The third kappa shape index (κ3) is 3.03. The highest BCUT2D eigenvalue weighted by atomic mass is 32.2. The summed E-state index contributed by atoms with van der Waals surface area (Å²) >= 11 is 1.30. The van der Waals surface area contributed by atoms with Crippen LogP contribution in [-0.2, 0) is 4.79 Å².